The lowest BCUT2D eigenvalue weighted by molar-refractivity contribution is 0.383. The molecule has 2 aromatic rings. The summed E-state index contributed by atoms with van der Waals surface area (Å²) in [4.78, 5) is 4.70. The van der Waals surface area contributed by atoms with Gasteiger partial charge >= 0.3 is 0 Å². The second kappa shape index (κ2) is 8.57. The molecule has 9 heteroatoms. The number of hydrogen-bond acceptors (Lipinski definition) is 6. The molecule has 7 nitrogen and oxygen atoms in total. The molecule has 0 aliphatic carbocycles. The van der Waals surface area contributed by atoms with Gasteiger partial charge < -0.3 is 9.80 Å². The normalized spacial score (nSPS) is 19.5. The van der Waals surface area contributed by atoms with Crippen LogP contribution in [0.3, 0.4) is 0 Å². The van der Waals surface area contributed by atoms with E-state index < -0.39 is 10.0 Å². The molecular weight excluding hydrogens is 454 g/mol. The van der Waals surface area contributed by atoms with E-state index >= 15 is 0 Å². The molecule has 0 bridgehead atoms. The molecule has 2 saturated heterocycles. The van der Waals surface area contributed by atoms with E-state index in [2.05, 4.69) is 42.9 Å². The average Bonchev–Trinajstić information content (AvgIpc) is 2.75. The number of sulfonamides is 1. The van der Waals surface area contributed by atoms with Gasteiger partial charge in [-0.05, 0) is 59.0 Å². The number of aromatic nitrogens is 2. The number of piperazine rings is 1. The van der Waals surface area contributed by atoms with E-state index in [1.54, 1.807) is 22.5 Å². The Bertz CT molecular complexity index is 938. The van der Waals surface area contributed by atoms with E-state index in [-0.39, 0.29) is 0 Å². The summed E-state index contributed by atoms with van der Waals surface area (Å²) >= 11 is 3.35. The third kappa shape index (κ3) is 4.41. The summed E-state index contributed by atoms with van der Waals surface area (Å²) in [6.07, 6.45) is 2.38. The highest BCUT2D eigenvalue weighted by atomic mass is 79.9. The van der Waals surface area contributed by atoms with Crippen molar-refractivity contribution in [2.24, 2.45) is 5.92 Å². The zero-order valence-corrected chi connectivity index (χ0v) is 18.9. The number of piperidine rings is 1. The number of hydrogen-bond donors (Lipinski definition) is 0. The SMILES string of the molecule is CC1CCN(c2ccc(N3CCN(S(=O)(=O)c4ccccc4Br)CC3)nn2)CC1. The Kier molecular flexibility index (Phi) is 6.08. The predicted molar refractivity (Wildman–Crippen MR) is 118 cm³/mol. The molecule has 1 aromatic heterocycles. The molecule has 156 valence electrons. The van der Waals surface area contributed by atoms with Crippen LogP contribution in [0.4, 0.5) is 11.6 Å². The molecule has 2 aliphatic heterocycles. The summed E-state index contributed by atoms with van der Waals surface area (Å²) < 4.78 is 28.0. The summed E-state index contributed by atoms with van der Waals surface area (Å²) in [5, 5.41) is 8.84. The van der Waals surface area contributed by atoms with E-state index in [0.29, 0.717) is 35.5 Å². The van der Waals surface area contributed by atoms with Crippen molar-refractivity contribution in [3.8, 4) is 0 Å². The standard InChI is InChI=1S/C20H26BrN5O2S/c1-16-8-10-24(11-9-16)19-6-7-20(23-22-19)25-12-14-26(15-13-25)29(27,28)18-5-3-2-4-17(18)21/h2-7,16H,8-15H2,1H3. The first-order valence-electron chi connectivity index (χ1n) is 10.0. The Labute approximate surface area is 180 Å². The third-order valence-electron chi connectivity index (χ3n) is 5.76. The van der Waals surface area contributed by atoms with Crippen LogP contribution in [0, 0.1) is 5.92 Å². The molecule has 29 heavy (non-hydrogen) atoms. The minimum absolute atomic E-state index is 0.313. The van der Waals surface area contributed by atoms with Gasteiger partial charge in [-0.3, -0.25) is 0 Å². The number of nitrogens with zero attached hydrogens (tertiary/aromatic N) is 5. The lowest BCUT2D eigenvalue weighted by atomic mass is 9.99. The van der Waals surface area contributed by atoms with E-state index in [1.807, 2.05) is 18.2 Å². The van der Waals surface area contributed by atoms with Crippen molar-refractivity contribution in [1.29, 1.82) is 0 Å². The zero-order valence-electron chi connectivity index (χ0n) is 16.5. The molecule has 3 heterocycles. The van der Waals surface area contributed by atoms with Gasteiger partial charge in [-0.1, -0.05) is 19.1 Å². The smallest absolute Gasteiger partial charge is 0.244 e. The topological polar surface area (TPSA) is 69.6 Å². The van der Waals surface area contributed by atoms with Crippen molar-refractivity contribution in [1.82, 2.24) is 14.5 Å². The fraction of sp³-hybridized carbons (Fsp3) is 0.500. The highest BCUT2D eigenvalue weighted by Gasteiger charge is 2.30. The van der Waals surface area contributed by atoms with E-state index in [4.69, 9.17) is 0 Å². The maximum absolute atomic E-state index is 12.9. The van der Waals surface area contributed by atoms with Crippen molar-refractivity contribution in [3.63, 3.8) is 0 Å². The quantitative estimate of drug-likeness (QED) is 0.671. The Balaban J connectivity index is 1.39. The monoisotopic (exact) mass is 479 g/mol. The van der Waals surface area contributed by atoms with Crippen LogP contribution in [-0.2, 0) is 10.0 Å². The average molecular weight is 480 g/mol. The summed E-state index contributed by atoms with van der Waals surface area (Å²) in [6.45, 7) is 6.40. The Morgan fingerprint density at radius 2 is 1.41 bits per heavy atom. The maximum Gasteiger partial charge on any atom is 0.244 e. The lowest BCUT2D eigenvalue weighted by Crippen LogP contribution is -2.49. The fourth-order valence-electron chi connectivity index (χ4n) is 3.84. The first-order chi connectivity index (χ1) is 13.9. The molecule has 0 radical (unpaired) electrons. The van der Waals surface area contributed by atoms with E-state index in [1.165, 1.54) is 12.8 Å². The largest absolute Gasteiger partial charge is 0.355 e. The van der Waals surface area contributed by atoms with Crippen LogP contribution in [0.15, 0.2) is 45.8 Å². The van der Waals surface area contributed by atoms with Crippen molar-refractivity contribution >= 4 is 37.6 Å². The van der Waals surface area contributed by atoms with Gasteiger partial charge in [0.1, 0.15) is 0 Å². The molecule has 0 amide bonds. The first kappa shape index (κ1) is 20.6. The van der Waals surface area contributed by atoms with Crippen LogP contribution in [-0.4, -0.2) is 62.2 Å². The Morgan fingerprint density at radius 1 is 0.862 bits per heavy atom. The van der Waals surface area contributed by atoms with Crippen LogP contribution in [0.1, 0.15) is 19.8 Å². The Morgan fingerprint density at radius 3 is 1.97 bits per heavy atom. The van der Waals surface area contributed by atoms with Gasteiger partial charge in [0.15, 0.2) is 11.6 Å². The highest BCUT2D eigenvalue weighted by molar-refractivity contribution is 9.10. The second-order valence-electron chi connectivity index (χ2n) is 7.74. The molecule has 0 saturated carbocycles. The number of benzene rings is 1. The molecular formula is C20H26BrN5O2S. The summed E-state index contributed by atoms with van der Waals surface area (Å²) in [5.74, 6) is 2.51. The molecule has 0 spiro atoms. The maximum atomic E-state index is 12.9. The van der Waals surface area contributed by atoms with Gasteiger partial charge in [0.2, 0.25) is 10.0 Å². The van der Waals surface area contributed by atoms with Crippen molar-refractivity contribution < 1.29 is 8.42 Å². The molecule has 2 aliphatic rings. The number of halogens is 1. The first-order valence-corrected chi connectivity index (χ1v) is 12.3. The highest BCUT2D eigenvalue weighted by Crippen LogP contribution is 2.27. The zero-order chi connectivity index (χ0) is 20.4. The van der Waals surface area contributed by atoms with Crippen molar-refractivity contribution in [2.75, 3.05) is 49.1 Å². The van der Waals surface area contributed by atoms with Gasteiger partial charge in [-0.25, -0.2) is 8.42 Å². The molecule has 1 aromatic carbocycles. The molecule has 4 rings (SSSR count). The molecule has 2 fully saturated rings. The van der Waals surface area contributed by atoms with Crippen molar-refractivity contribution in [3.05, 3.63) is 40.9 Å². The summed E-state index contributed by atoms with van der Waals surface area (Å²) in [6, 6.07) is 11.0. The molecule has 0 atom stereocenters. The van der Waals surface area contributed by atoms with Gasteiger partial charge in [-0.2, -0.15) is 4.31 Å². The molecule has 0 N–H and O–H groups in total. The minimum Gasteiger partial charge on any atom is -0.355 e. The van der Waals surface area contributed by atoms with Crippen LogP contribution in [0.2, 0.25) is 0 Å². The lowest BCUT2D eigenvalue weighted by Gasteiger charge is -2.35. The second-order valence-corrected chi connectivity index (χ2v) is 10.5. The molecule has 0 unspecified atom stereocenters. The summed E-state index contributed by atoms with van der Waals surface area (Å²) in [7, 11) is -3.51. The Hall–Kier alpha value is -1.71. The predicted octanol–water partition coefficient (Wildman–Crippen LogP) is 2.99. The number of rotatable bonds is 4. The van der Waals surface area contributed by atoms with Crippen LogP contribution >= 0.6 is 15.9 Å². The van der Waals surface area contributed by atoms with Crippen LogP contribution in [0.5, 0.6) is 0 Å². The van der Waals surface area contributed by atoms with Gasteiger partial charge in [-0.15, -0.1) is 10.2 Å². The van der Waals surface area contributed by atoms with Gasteiger partial charge in [0, 0.05) is 43.7 Å². The van der Waals surface area contributed by atoms with E-state index in [0.717, 1.165) is 30.6 Å². The van der Waals surface area contributed by atoms with E-state index in [9.17, 15) is 8.42 Å². The fourth-order valence-corrected chi connectivity index (χ4v) is 6.23. The van der Waals surface area contributed by atoms with Gasteiger partial charge in [0.05, 0.1) is 4.90 Å². The minimum atomic E-state index is -3.51. The van der Waals surface area contributed by atoms with Crippen LogP contribution in [0.25, 0.3) is 0 Å². The van der Waals surface area contributed by atoms with Gasteiger partial charge in [0.25, 0.3) is 0 Å². The van der Waals surface area contributed by atoms with Crippen molar-refractivity contribution in [2.45, 2.75) is 24.7 Å². The number of anilines is 2. The summed E-state index contributed by atoms with van der Waals surface area (Å²) in [5.41, 5.74) is 0. The van der Waals surface area contributed by atoms with Crippen LogP contribution < -0.4 is 9.80 Å². The third-order valence-corrected chi connectivity index (χ3v) is 8.67.